The number of amides is 1. The monoisotopic (exact) mass is 542 g/mol. The lowest BCUT2D eigenvalue weighted by Gasteiger charge is -2.13. The summed E-state index contributed by atoms with van der Waals surface area (Å²) in [7, 11) is 0. The van der Waals surface area contributed by atoms with Crippen LogP contribution in [0.3, 0.4) is 0 Å². The van der Waals surface area contributed by atoms with Gasteiger partial charge in [-0.2, -0.15) is 18.4 Å². The van der Waals surface area contributed by atoms with E-state index in [9.17, 15) is 43.5 Å². The number of nitro benzene ring substituents is 2. The molecule has 0 spiro atoms. The summed E-state index contributed by atoms with van der Waals surface area (Å²) in [4.78, 5) is 33.3. The first-order valence-electron chi connectivity index (χ1n) is 10.9. The second kappa shape index (κ2) is 11.7. The minimum Gasteiger partial charge on any atom is -0.490 e. The lowest BCUT2D eigenvalue weighted by Crippen LogP contribution is -2.14. The number of hydrogen-bond donors (Lipinski definition) is 1. The highest BCUT2D eigenvalue weighted by Crippen LogP contribution is 2.39. The Hall–Kier alpha value is -5.45. The van der Waals surface area contributed by atoms with E-state index in [0.717, 1.165) is 42.5 Å². The van der Waals surface area contributed by atoms with E-state index in [1.54, 1.807) is 13.0 Å². The minimum atomic E-state index is -4.62. The van der Waals surface area contributed by atoms with Crippen molar-refractivity contribution in [1.29, 1.82) is 5.26 Å². The standard InChI is InChI=1S/C25H17F3N4O7/c1-2-38-23-11-15(6-8-22(23)39-21-9-7-19(31(34)35)13-20(21)32(36)37)10-16(14-29)24(33)30-18-5-3-4-17(12-18)25(26,27)28/h3-13H,2H2,1H3,(H,30,33)/b16-10+. The lowest BCUT2D eigenvalue weighted by molar-refractivity contribution is -0.394. The summed E-state index contributed by atoms with van der Waals surface area (Å²) in [6.07, 6.45) is -3.47. The summed E-state index contributed by atoms with van der Waals surface area (Å²) in [6.45, 7) is 1.77. The number of non-ortho nitro benzene ring substituents is 1. The molecule has 0 aliphatic heterocycles. The minimum absolute atomic E-state index is 0.00196. The van der Waals surface area contributed by atoms with Gasteiger partial charge in [-0.1, -0.05) is 12.1 Å². The fourth-order valence-electron chi connectivity index (χ4n) is 3.22. The van der Waals surface area contributed by atoms with Gasteiger partial charge >= 0.3 is 11.9 Å². The first kappa shape index (κ1) is 28.1. The Morgan fingerprint density at radius 3 is 2.36 bits per heavy atom. The highest BCUT2D eigenvalue weighted by Gasteiger charge is 2.30. The van der Waals surface area contributed by atoms with Gasteiger partial charge in [0.2, 0.25) is 5.75 Å². The van der Waals surface area contributed by atoms with E-state index < -0.39 is 44.4 Å². The molecule has 0 unspecified atom stereocenters. The third-order valence-electron chi connectivity index (χ3n) is 4.96. The van der Waals surface area contributed by atoms with E-state index in [2.05, 4.69) is 5.32 Å². The van der Waals surface area contributed by atoms with Gasteiger partial charge in [-0.3, -0.25) is 25.0 Å². The largest absolute Gasteiger partial charge is 0.490 e. The van der Waals surface area contributed by atoms with Crippen LogP contribution in [0.4, 0.5) is 30.2 Å². The van der Waals surface area contributed by atoms with E-state index in [4.69, 9.17) is 9.47 Å². The Labute approximate surface area is 218 Å². The molecule has 1 amide bonds. The second-order valence-corrected chi connectivity index (χ2v) is 7.61. The number of carbonyl (C=O) groups is 1. The fourth-order valence-corrected chi connectivity index (χ4v) is 3.22. The van der Waals surface area contributed by atoms with Crippen LogP contribution in [-0.4, -0.2) is 22.4 Å². The summed E-state index contributed by atoms with van der Waals surface area (Å²) in [5, 5.41) is 34.1. The third kappa shape index (κ3) is 7.07. The summed E-state index contributed by atoms with van der Waals surface area (Å²) in [6, 6.07) is 12.5. The predicted octanol–water partition coefficient (Wildman–Crippen LogP) is 6.26. The van der Waals surface area contributed by atoms with Crippen molar-refractivity contribution in [2.75, 3.05) is 11.9 Å². The second-order valence-electron chi connectivity index (χ2n) is 7.61. The van der Waals surface area contributed by atoms with E-state index in [0.29, 0.717) is 0 Å². The first-order valence-corrected chi connectivity index (χ1v) is 10.9. The van der Waals surface area contributed by atoms with Crippen LogP contribution < -0.4 is 14.8 Å². The van der Waals surface area contributed by atoms with Gasteiger partial charge < -0.3 is 14.8 Å². The maximum Gasteiger partial charge on any atom is 0.416 e. The van der Waals surface area contributed by atoms with Crippen molar-refractivity contribution in [3.05, 3.63) is 97.6 Å². The number of nitrogens with one attached hydrogen (secondary N) is 1. The van der Waals surface area contributed by atoms with Crippen molar-refractivity contribution in [3.8, 4) is 23.3 Å². The van der Waals surface area contributed by atoms with Crippen molar-refractivity contribution in [1.82, 2.24) is 0 Å². The van der Waals surface area contributed by atoms with E-state index >= 15 is 0 Å². The molecule has 0 radical (unpaired) electrons. The van der Waals surface area contributed by atoms with Gasteiger partial charge in [-0.25, -0.2) is 0 Å². The zero-order chi connectivity index (χ0) is 28.7. The molecule has 14 heteroatoms. The summed E-state index contributed by atoms with van der Waals surface area (Å²) >= 11 is 0. The molecule has 3 aromatic rings. The number of ether oxygens (including phenoxy) is 2. The fraction of sp³-hybridized carbons (Fsp3) is 0.120. The van der Waals surface area contributed by atoms with Crippen molar-refractivity contribution < 1.29 is 37.3 Å². The topological polar surface area (TPSA) is 158 Å². The zero-order valence-corrected chi connectivity index (χ0v) is 19.9. The Morgan fingerprint density at radius 2 is 1.74 bits per heavy atom. The number of hydrogen-bond acceptors (Lipinski definition) is 8. The first-order chi connectivity index (χ1) is 18.4. The molecular formula is C25H17F3N4O7. The van der Waals surface area contributed by atoms with Crippen LogP contribution in [0.25, 0.3) is 6.08 Å². The number of nitro groups is 2. The van der Waals surface area contributed by atoms with Crippen molar-refractivity contribution in [2.45, 2.75) is 13.1 Å². The molecule has 0 saturated heterocycles. The Balaban J connectivity index is 1.90. The van der Waals surface area contributed by atoms with Crippen molar-refractivity contribution >= 4 is 29.0 Å². The number of nitrogens with zero attached hydrogens (tertiary/aromatic N) is 3. The summed E-state index contributed by atoms with van der Waals surface area (Å²) < 4.78 is 49.9. The maximum atomic E-state index is 12.9. The molecule has 0 bridgehead atoms. The van der Waals surface area contributed by atoms with Crippen molar-refractivity contribution in [2.24, 2.45) is 0 Å². The van der Waals surface area contributed by atoms with Gasteiger partial charge in [0.1, 0.15) is 11.6 Å². The molecule has 39 heavy (non-hydrogen) atoms. The normalized spacial score (nSPS) is 11.3. The Morgan fingerprint density at radius 1 is 1.03 bits per heavy atom. The Bertz CT molecular complexity index is 1510. The van der Waals surface area contributed by atoms with E-state index in [-0.39, 0.29) is 35.1 Å². The van der Waals surface area contributed by atoms with Crippen LogP contribution >= 0.6 is 0 Å². The van der Waals surface area contributed by atoms with Crippen LogP contribution in [0.2, 0.25) is 0 Å². The number of nitriles is 1. The molecule has 3 aromatic carbocycles. The molecule has 0 aromatic heterocycles. The lowest BCUT2D eigenvalue weighted by atomic mass is 10.1. The maximum absolute atomic E-state index is 12.9. The number of benzene rings is 3. The average molecular weight is 542 g/mol. The van der Waals surface area contributed by atoms with Crippen molar-refractivity contribution in [3.63, 3.8) is 0 Å². The van der Waals surface area contributed by atoms with Gasteiger partial charge in [0.25, 0.3) is 11.6 Å². The number of anilines is 1. The molecular weight excluding hydrogens is 525 g/mol. The van der Waals surface area contributed by atoms with Crippen LogP contribution in [0.1, 0.15) is 18.1 Å². The molecule has 200 valence electrons. The predicted molar refractivity (Wildman–Crippen MR) is 131 cm³/mol. The summed E-state index contributed by atoms with van der Waals surface area (Å²) in [5.41, 5.74) is -2.48. The van der Waals surface area contributed by atoms with Crippen LogP contribution in [0.5, 0.6) is 17.2 Å². The molecule has 0 fully saturated rings. The van der Waals surface area contributed by atoms with Crippen LogP contribution in [0.15, 0.2) is 66.2 Å². The number of alkyl halides is 3. The highest BCUT2D eigenvalue weighted by molar-refractivity contribution is 6.09. The van der Waals surface area contributed by atoms with Gasteiger partial charge in [0, 0.05) is 11.8 Å². The molecule has 1 N–H and O–H groups in total. The molecule has 0 heterocycles. The molecule has 11 nitrogen and oxygen atoms in total. The molecule has 0 saturated carbocycles. The number of halogens is 3. The van der Waals surface area contributed by atoms with Crippen LogP contribution in [-0.2, 0) is 11.0 Å². The third-order valence-corrected chi connectivity index (χ3v) is 4.96. The molecule has 0 atom stereocenters. The van der Waals surface area contributed by atoms with E-state index in [1.165, 1.54) is 24.3 Å². The number of rotatable bonds is 9. The van der Waals surface area contributed by atoms with Crippen LogP contribution in [0, 0.1) is 31.6 Å². The van der Waals surface area contributed by atoms with Gasteiger partial charge in [-0.15, -0.1) is 0 Å². The number of carbonyl (C=O) groups excluding carboxylic acids is 1. The van der Waals surface area contributed by atoms with Gasteiger partial charge in [0.05, 0.1) is 28.1 Å². The quantitative estimate of drug-likeness (QED) is 0.144. The zero-order valence-electron chi connectivity index (χ0n) is 19.9. The van der Waals surface area contributed by atoms with E-state index in [1.807, 2.05) is 0 Å². The molecule has 3 rings (SSSR count). The molecule has 0 aliphatic carbocycles. The molecule has 0 aliphatic rings. The average Bonchev–Trinajstić information content (AvgIpc) is 2.88. The van der Waals surface area contributed by atoms with Gasteiger partial charge in [-0.05, 0) is 55.0 Å². The highest BCUT2D eigenvalue weighted by atomic mass is 19.4. The smallest absolute Gasteiger partial charge is 0.416 e. The Kier molecular flexibility index (Phi) is 8.46. The summed E-state index contributed by atoms with van der Waals surface area (Å²) in [5.74, 6) is -1.20. The SMILES string of the molecule is CCOc1cc(/C=C(\C#N)C(=O)Nc2cccc(C(F)(F)F)c2)ccc1Oc1ccc([N+](=O)[O-])cc1[N+](=O)[O-]. The van der Waals surface area contributed by atoms with Gasteiger partial charge in [0.15, 0.2) is 11.5 Å².